The normalized spacial score (nSPS) is 13.5. The summed E-state index contributed by atoms with van der Waals surface area (Å²) in [7, 11) is 1.82. The van der Waals surface area contributed by atoms with Gasteiger partial charge in [-0.3, -0.25) is 14.2 Å². The fraction of sp³-hybridized carbons (Fsp3) is 0.483. The van der Waals surface area contributed by atoms with E-state index in [1.54, 1.807) is 15.5 Å². The zero-order chi connectivity index (χ0) is 25.8. The number of hydrogen-bond acceptors (Lipinski definition) is 4. The zero-order valence-electron chi connectivity index (χ0n) is 22.2. The molecule has 0 N–H and O–H groups in total. The first kappa shape index (κ1) is 26.5. The summed E-state index contributed by atoms with van der Waals surface area (Å²) in [5, 5.41) is 0.549. The number of carbonyl (C=O) groups is 1. The lowest BCUT2D eigenvalue weighted by atomic mass is 9.84. The third kappa shape index (κ3) is 6.30. The summed E-state index contributed by atoms with van der Waals surface area (Å²) in [5.74, 6) is 1.64. The Bertz CT molecular complexity index is 1210. The molecule has 0 fully saturated rings. The maximum Gasteiger partial charge on any atom is 0.266 e. The highest BCUT2D eigenvalue weighted by Gasteiger charge is 2.28. The van der Waals surface area contributed by atoms with Crippen molar-refractivity contribution >= 4 is 16.8 Å². The topological polar surface area (TPSA) is 64.4 Å². The molecule has 0 saturated carbocycles. The number of hydrogen-bond donors (Lipinski definition) is 0. The highest BCUT2D eigenvalue weighted by molar-refractivity contribution is 5.79. The van der Waals surface area contributed by atoms with E-state index in [1.807, 2.05) is 63.4 Å². The molecular weight excluding hydrogens is 438 g/mol. The molecule has 0 radical (unpaired) electrons. The highest BCUT2D eigenvalue weighted by Crippen LogP contribution is 2.29. The molecule has 0 bridgehead atoms. The van der Waals surface area contributed by atoms with Crippen LogP contribution in [0.15, 0.2) is 53.3 Å². The number of benzene rings is 2. The summed E-state index contributed by atoms with van der Waals surface area (Å²) in [6.45, 7) is 13.2. The van der Waals surface area contributed by atoms with E-state index in [-0.39, 0.29) is 28.8 Å². The highest BCUT2D eigenvalue weighted by atomic mass is 16.5. The minimum Gasteiger partial charge on any atom is -0.494 e. The van der Waals surface area contributed by atoms with Gasteiger partial charge < -0.3 is 9.64 Å². The zero-order valence-corrected chi connectivity index (χ0v) is 22.2. The molecule has 0 saturated heterocycles. The first-order valence-corrected chi connectivity index (χ1v) is 12.6. The van der Waals surface area contributed by atoms with Crippen molar-refractivity contribution in [1.29, 1.82) is 0 Å². The van der Waals surface area contributed by atoms with Gasteiger partial charge in [-0.15, -0.1) is 0 Å². The van der Waals surface area contributed by atoms with Gasteiger partial charge in [0, 0.05) is 13.5 Å². The number of ether oxygens (including phenoxy) is 1. The van der Waals surface area contributed by atoms with Crippen LogP contribution in [0.1, 0.15) is 72.7 Å². The van der Waals surface area contributed by atoms with Crippen LogP contribution in [0.3, 0.4) is 0 Å². The summed E-state index contributed by atoms with van der Waals surface area (Å²) >= 11 is 0. The maximum atomic E-state index is 13.7. The van der Waals surface area contributed by atoms with Crippen LogP contribution in [-0.2, 0) is 4.79 Å². The molecule has 2 atom stereocenters. The first-order chi connectivity index (χ1) is 16.6. The van der Waals surface area contributed by atoms with Gasteiger partial charge in [0.05, 0.1) is 29.2 Å². The van der Waals surface area contributed by atoms with Crippen molar-refractivity contribution in [3.05, 3.63) is 64.7 Å². The third-order valence-corrected chi connectivity index (χ3v) is 6.24. The number of aromatic nitrogens is 2. The lowest BCUT2D eigenvalue weighted by Crippen LogP contribution is -2.36. The second kappa shape index (κ2) is 11.1. The fourth-order valence-electron chi connectivity index (χ4n) is 4.84. The number of nitrogens with zero attached hydrogens (tertiary/aromatic N) is 3. The van der Waals surface area contributed by atoms with Crippen molar-refractivity contribution in [2.45, 2.75) is 66.8 Å². The van der Waals surface area contributed by atoms with Gasteiger partial charge in [0.1, 0.15) is 11.6 Å². The van der Waals surface area contributed by atoms with Crippen molar-refractivity contribution in [2.24, 2.45) is 11.3 Å². The van der Waals surface area contributed by atoms with Crippen molar-refractivity contribution in [3.63, 3.8) is 0 Å². The van der Waals surface area contributed by atoms with Crippen molar-refractivity contribution in [2.75, 3.05) is 13.7 Å². The van der Waals surface area contributed by atoms with E-state index in [0.29, 0.717) is 41.9 Å². The second-order valence-corrected chi connectivity index (χ2v) is 10.6. The Hall–Kier alpha value is -3.15. The van der Waals surface area contributed by atoms with Crippen LogP contribution in [-0.4, -0.2) is 34.0 Å². The fourth-order valence-corrected chi connectivity index (χ4v) is 4.84. The molecule has 1 aromatic heterocycles. The summed E-state index contributed by atoms with van der Waals surface area (Å²) < 4.78 is 7.23. The molecular formula is C29H39N3O3. The molecule has 1 amide bonds. The molecule has 2 aromatic carbocycles. The van der Waals surface area contributed by atoms with E-state index in [9.17, 15) is 9.59 Å². The first-order valence-electron chi connectivity index (χ1n) is 12.6. The van der Waals surface area contributed by atoms with Crippen molar-refractivity contribution in [1.82, 2.24) is 14.5 Å². The van der Waals surface area contributed by atoms with Crippen LogP contribution < -0.4 is 10.3 Å². The van der Waals surface area contributed by atoms with Gasteiger partial charge in [-0.1, -0.05) is 46.8 Å². The maximum absolute atomic E-state index is 13.7. The van der Waals surface area contributed by atoms with Gasteiger partial charge in [0.25, 0.3) is 5.56 Å². The largest absolute Gasteiger partial charge is 0.494 e. The number of amides is 1. The Morgan fingerprint density at radius 2 is 1.74 bits per heavy atom. The smallest absolute Gasteiger partial charge is 0.266 e. The predicted octanol–water partition coefficient (Wildman–Crippen LogP) is 6.16. The summed E-state index contributed by atoms with van der Waals surface area (Å²) in [6.07, 6.45) is 2.07. The van der Waals surface area contributed by atoms with E-state index in [0.717, 1.165) is 12.2 Å². The van der Waals surface area contributed by atoms with Crippen LogP contribution in [0.5, 0.6) is 5.75 Å². The quantitative estimate of drug-likeness (QED) is 0.370. The average Bonchev–Trinajstić information content (AvgIpc) is 2.79. The summed E-state index contributed by atoms with van der Waals surface area (Å²) in [4.78, 5) is 33.7. The van der Waals surface area contributed by atoms with Crippen LogP contribution in [0.25, 0.3) is 16.6 Å². The Kier molecular flexibility index (Phi) is 8.36. The molecule has 2 unspecified atom stereocenters. The van der Waals surface area contributed by atoms with E-state index in [2.05, 4.69) is 27.7 Å². The molecule has 0 spiro atoms. The Morgan fingerprint density at radius 1 is 1.09 bits per heavy atom. The standard InChI is InChI=1S/C29H39N3O3/c1-8-25(31(7)26(33)18-20(3)19-29(4,5)6)27-30-24-13-11-10-12-23(24)28(34)32(27)21-14-16-22(17-15-21)35-9-2/h10-17,20,25H,8-9,18-19H2,1-7H3. The van der Waals surface area contributed by atoms with E-state index in [1.165, 1.54) is 0 Å². The number of fused-ring (bicyclic) bond motifs is 1. The van der Waals surface area contributed by atoms with E-state index in [4.69, 9.17) is 9.72 Å². The lowest BCUT2D eigenvalue weighted by molar-refractivity contribution is -0.133. The molecule has 1 heterocycles. The minimum absolute atomic E-state index is 0.0641. The van der Waals surface area contributed by atoms with Gasteiger partial charge in [0.2, 0.25) is 5.91 Å². The molecule has 3 aromatic rings. The van der Waals surface area contributed by atoms with Gasteiger partial charge in [0.15, 0.2) is 0 Å². The third-order valence-electron chi connectivity index (χ3n) is 6.24. The minimum atomic E-state index is -0.340. The number of carbonyl (C=O) groups excluding carboxylic acids is 1. The predicted molar refractivity (Wildman–Crippen MR) is 142 cm³/mol. The average molecular weight is 478 g/mol. The van der Waals surface area contributed by atoms with Crippen LogP contribution in [0, 0.1) is 11.3 Å². The van der Waals surface area contributed by atoms with Crippen LogP contribution in [0.2, 0.25) is 0 Å². The Labute approximate surface area is 208 Å². The number of para-hydroxylation sites is 1. The molecule has 3 rings (SSSR count). The monoisotopic (exact) mass is 477 g/mol. The molecule has 0 aliphatic heterocycles. The van der Waals surface area contributed by atoms with Crippen LogP contribution >= 0.6 is 0 Å². The Balaban J connectivity index is 2.07. The second-order valence-electron chi connectivity index (χ2n) is 10.6. The van der Waals surface area contributed by atoms with Gasteiger partial charge in [-0.05, 0) is 67.5 Å². The lowest BCUT2D eigenvalue weighted by Gasteiger charge is -2.31. The van der Waals surface area contributed by atoms with E-state index < -0.39 is 0 Å². The molecule has 35 heavy (non-hydrogen) atoms. The molecule has 0 aliphatic carbocycles. The summed E-state index contributed by atoms with van der Waals surface area (Å²) in [5.41, 5.74) is 1.36. The van der Waals surface area contributed by atoms with Gasteiger partial charge in [-0.2, -0.15) is 0 Å². The molecule has 6 nitrogen and oxygen atoms in total. The van der Waals surface area contributed by atoms with Crippen molar-refractivity contribution in [3.8, 4) is 11.4 Å². The van der Waals surface area contributed by atoms with Crippen molar-refractivity contribution < 1.29 is 9.53 Å². The Morgan fingerprint density at radius 3 is 2.34 bits per heavy atom. The summed E-state index contributed by atoms with van der Waals surface area (Å²) in [6, 6.07) is 14.5. The SMILES string of the molecule is CCOc1ccc(-n2c(C(CC)N(C)C(=O)CC(C)CC(C)(C)C)nc3ccccc3c2=O)cc1. The van der Waals surface area contributed by atoms with Crippen LogP contribution in [0.4, 0.5) is 0 Å². The van der Waals surface area contributed by atoms with Gasteiger partial charge >= 0.3 is 0 Å². The molecule has 0 aliphatic rings. The molecule has 6 heteroatoms. The molecule has 188 valence electrons. The number of rotatable bonds is 9. The van der Waals surface area contributed by atoms with Gasteiger partial charge in [-0.25, -0.2) is 4.98 Å². The van der Waals surface area contributed by atoms with E-state index >= 15 is 0 Å².